The van der Waals surface area contributed by atoms with E-state index >= 15 is 0 Å². The van der Waals surface area contributed by atoms with Crippen LogP contribution in [0.1, 0.15) is 28.7 Å². The van der Waals surface area contributed by atoms with Gasteiger partial charge in [0.25, 0.3) is 0 Å². The van der Waals surface area contributed by atoms with Crippen molar-refractivity contribution in [2.75, 3.05) is 15.5 Å². The molecule has 1 aliphatic carbocycles. The Kier molecular flexibility index (Phi) is 8.44. The first-order valence-electron chi connectivity index (χ1n) is 16.2. The van der Waals surface area contributed by atoms with E-state index in [2.05, 4.69) is 205 Å². The lowest BCUT2D eigenvalue weighted by molar-refractivity contribution is 0.669. The fourth-order valence-electron chi connectivity index (χ4n) is 6.53. The number of anilines is 5. The molecule has 6 aromatic rings. The molecule has 3 nitrogen and oxygen atoms in total. The molecular weight excluding hydrogens is 571 g/mol. The molecule has 7 rings (SSSR count). The van der Waals surface area contributed by atoms with E-state index in [1.807, 2.05) is 0 Å². The maximum atomic E-state index is 3.90. The van der Waals surface area contributed by atoms with Gasteiger partial charge in [0, 0.05) is 34.7 Å². The zero-order chi connectivity index (χ0) is 32.1. The van der Waals surface area contributed by atoms with Crippen molar-refractivity contribution < 1.29 is 0 Å². The summed E-state index contributed by atoms with van der Waals surface area (Å²) in [6.45, 7) is 4.31. The molecule has 0 radical (unpaired) electrons. The van der Waals surface area contributed by atoms with E-state index in [9.17, 15) is 0 Å². The SMILES string of the molecule is Cc1cccc(N(c2cccc(C)c2)c2ccccc2C2=C(c3ccccc3)C=CC(Nc3ccccc3)(Nc3ccccc3)C2)c1. The molecule has 0 spiro atoms. The van der Waals surface area contributed by atoms with Crippen molar-refractivity contribution in [1.82, 2.24) is 0 Å². The molecule has 3 heteroatoms. The van der Waals surface area contributed by atoms with Crippen molar-refractivity contribution in [1.29, 1.82) is 0 Å². The van der Waals surface area contributed by atoms with E-state index < -0.39 is 5.66 Å². The van der Waals surface area contributed by atoms with Crippen LogP contribution in [0.3, 0.4) is 0 Å². The van der Waals surface area contributed by atoms with Gasteiger partial charge in [-0.2, -0.15) is 0 Å². The summed E-state index contributed by atoms with van der Waals surface area (Å²) in [5.41, 5.74) is 12.2. The van der Waals surface area contributed by atoms with Crippen LogP contribution >= 0.6 is 0 Å². The molecule has 0 saturated heterocycles. The number of hydrogen-bond donors (Lipinski definition) is 2. The van der Waals surface area contributed by atoms with Gasteiger partial charge >= 0.3 is 0 Å². The quantitative estimate of drug-likeness (QED) is 0.160. The second-order valence-electron chi connectivity index (χ2n) is 12.3. The molecule has 230 valence electrons. The summed E-state index contributed by atoms with van der Waals surface area (Å²) in [4.78, 5) is 2.40. The molecule has 0 aromatic heterocycles. The molecule has 0 atom stereocenters. The highest BCUT2D eigenvalue weighted by atomic mass is 15.2. The molecule has 1 aliphatic rings. The van der Waals surface area contributed by atoms with Crippen LogP contribution in [0.4, 0.5) is 28.4 Å². The third-order valence-corrected chi connectivity index (χ3v) is 8.67. The molecule has 0 fully saturated rings. The summed E-state index contributed by atoms with van der Waals surface area (Å²) < 4.78 is 0. The van der Waals surface area contributed by atoms with Crippen molar-refractivity contribution in [2.45, 2.75) is 25.9 Å². The summed E-state index contributed by atoms with van der Waals surface area (Å²) in [6, 6.07) is 58.1. The second kappa shape index (κ2) is 13.3. The predicted molar refractivity (Wildman–Crippen MR) is 200 cm³/mol. The summed E-state index contributed by atoms with van der Waals surface area (Å²) in [5, 5.41) is 7.79. The minimum Gasteiger partial charge on any atom is -0.359 e. The number of para-hydroxylation sites is 3. The van der Waals surface area contributed by atoms with Crippen molar-refractivity contribution in [2.24, 2.45) is 0 Å². The number of allylic oxidation sites excluding steroid dienone is 2. The van der Waals surface area contributed by atoms with Gasteiger partial charge in [0.15, 0.2) is 0 Å². The number of hydrogen-bond acceptors (Lipinski definition) is 3. The Morgan fingerprint density at radius 3 is 1.60 bits per heavy atom. The highest BCUT2D eigenvalue weighted by Crippen LogP contribution is 2.46. The van der Waals surface area contributed by atoms with Crippen LogP contribution in [0, 0.1) is 13.8 Å². The first kappa shape index (κ1) is 29.9. The van der Waals surface area contributed by atoms with Gasteiger partial charge in [0.1, 0.15) is 5.66 Å². The Balaban J connectivity index is 1.44. The van der Waals surface area contributed by atoms with Crippen molar-refractivity contribution in [3.8, 4) is 0 Å². The fraction of sp³-hybridized carbons (Fsp3) is 0.0909. The normalized spacial score (nSPS) is 13.7. The maximum Gasteiger partial charge on any atom is 0.132 e. The minimum absolute atomic E-state index is 0.596. The molecular formula is C44H39N3. The third-order valence-electron chi connectivity index (χ3n) is 8.67. The zero-order valence-electron chi connectivity index (χ0n) is 26.9. The minimum atomic E-state index is -0.596. The third kappa shape index (κ3) is 6.61. The average molecular weight is 610 g/mol. The molecule has 0 bridgehead atoms. The average Bonchev–Trinajstić information content (AvgIpc) is 3.10. The van der Waals surface area contributed by atoms with Gasteiger partial charge in [-0.25, -0.2) is 0 Å². The molecule has 0 saturated carbocycles. The summed E-state index contributed by atoms with van der Waals surface area (Å²) >= 11 is 0. The van der Waals surface area contributed by atoms with Crippen molar-refractivity contribution in [3.63, 3.8) is 0 Å². The number of nitrogens with one attached hydrogen (secondary N) is 2. The Morgan fingerprint density at radius 1 is 0.532 bits per heavy atom. The van der Waals surface area contributed by atoms with Crippen LogP contribution < -0.4 is 15.5 Å². The Hall–Kier alpha value is -5.80. The number of nitrogens with zero attached hydrogens (tertiary/aromatic N) is 1. The molecule has 47 heavy (non-hydrogen) atoms. The van der Waals surface area contributed by atoms with Crippen molar-refractivity contribution >= 4 is 39.6 Å². The van der Waals surface area contributed by atoms with Crippen LogP contribution in [0.2, 0.25) is 0 Å². The number of rotatable bonds is 9. The first-order chi connectivity index (χ1) is 23.1. The largest absolute Gasteiger partial charge is 0.359 e. The van der Waals surface area contributed by atoms with Gasteiger partial charge in [-0.1, -0.05) is 115 Å². The Morgan fingerprint density at radius 2 is 1.04 bits per heavy atom. The highest BCUT2D eigenvalue weighted by molar-refractivity contribution is 6.02. The smallest absolute Gasteiger partial charge is 0.132 e. The Labute approximate surface area is 278 Å². The van der Waals surface area contributed by atoms with E-state index in [1.165, 1.54) is 33.4 Å². The fourth-order valence-corrected chi connectivity index (χ4v) is 6.53. The van der Waals surface area contributed by atoms with E-state index in [4.69, 9.17) is 0 Å². The van der Waals surface area contributed by atoms with Gasteiger partial charge in [-0.15, -0.1) is 0 Å². The van der Waals surface area contributed by atoms with Gasteiger partial charge in [-0.05, 0) is 102 Å². The van der Waals surface area contributed by atoms with Crippen molar-refractivity contribution in [3.05, 3.63) is 198 Å². The van der Waals surface area contributed by atoms with Crippen LogP contribution in [-0.4, -0.2) is 5.66 Å². The predicted octanol–water partition coefficient (Wildman–Crippen LogP) is 11.6. The summed E-state index contributed by atoms with van der Waals surface area (Å²) in [6.07, 6.45) is 5.28. The second-order valence-corrected chi connectivity index (χ2v) is 12.3. The lowest BCUT2D eigenvalue weighted by Crippen LogP contribution is -2.45. The number of benzene rings is 6. The highest BCUT2D eigenvalue weighted by Gasteiger charge is 2.34. The first-order valence-corrected chi connectivity index (χ1v) is 16.2. The van der Waals surface area contributed by atoms with Gasteiger partial charge in [-0.3, -0.25) is 0 Å². The zero-order valence-corrected chi connectivity index (χ0v) is 26.9. The van der Waals surface area contributed by atoms with Gasteiger partial charge < -0.3 is 15.5 Å². The van der Waals surface area contributed by atoms with Crippen LogP contribution in [0.25, 0.3) is 11.1 Å². The molecule has 0 aliphatic heterocycles. The van der Waals surface area contributed by atoms with Crippen LogP contribution in [0.15, 0.2) is 176 Å². The molecule has 0 unspecified atom stereocenters. The van der Waals surface area contributed by atoms with E-state index in [0.29, 0.717) is 6.42 Å². The maximum absolute atomic E-state index is 3.90. The van der Waals surface area contributed by atoms with Crippen LogP contribution in [0.5, 0.6) is 0 Å². The molecule has 2 N–H and O–H groups in total. The van der Waals surface area contributed by atoms with E-state index in [-0.39, 0.29) is 0 Å². The van der Waals surface area contributed by atoms with Gasteiger partial charge in [0.05, 0.1) is 5.69 Å². The summed E-state index contributed by atoms with van der Waals surface area (Å²) in [5.74, 6) is 0. The topological polar surface area (TPSA) is 27.3 Å². The summed E-state index contributed by atoms with van der Waals surface area (Å²) in [7, 11) is 0. The molecule has 0 amide bonds. The molecule has 6 aromatic carbocycles. The standard InChI is InChI=1S/C44H39N3/c1-33-16-14-24-38(30-33)47(39-25-15-17-34(2)31-39)43-27-13-12-26-41(43)42-32-44(45-36-20-8-4-9-21-36,46-37-22-10-5-11-23-37)29-28-40(42)35-18-6-3-7-19-35/h3-31,45-46H,32H2,1-2H3. The van der Waals surface area contributed by atoms with E-state index in [0.717, 1.165) is 28.4 Å². The lowest BCUT2D eigenvalue weighted by atomic mass is 9.81. The monoisotopic (exact) mass is 609 g/mol. The number of aryl methyl sites for hydroxylation is 2. The van der Waals surface area contributed by atoms with Crippen LogP contribution in [-0.2, 0) is 0 Å². The Bertz CT molecular complexity index is 1940. The lowest BCUT2D eigenvalue weighted by Gasteiger charge is -2.40. The van der Waals surface area contributed by atoms with E-state index in [1.54, 1.807) is 0 Å². The molecule has 0 heterocycles. The van der Waals surface area contributed by atoms with Gasteiger partial charge in [0.2, 0.25) is 0 Å².